The SMILES string of the molecule is Cc1ccccc1N=NC(=NNc1ccc(Br)cc1)[N+](=O)[O-]. The number of nitro groups is 1. The molecule has 112 valence electrons. The highest BCUT2D eigenvalue weighted by atomic mass is 79.9. The maximum atomic E-state index is 11.0. The second-order valence-corrected chi connectivity index (χ2v) is 5.19. The highest BCUT2D eigenvalue weighted by Gasteiger charge is 2.12. The van der Waals surface area contributed by atoms with Crippen LogP contribution in [-0.2, 0) is 0 Å². The lowest BCUT2D eigenvalue weighted by Gasteiger charge is -1.97. The summed E-state index contributed by atoms with van der Waals surface area (Å²) in [7, 11) is 0. The van der Waals surface area contributed by atoms with Gasteiger partial charge in [-0.25, -0.2) is 5.43 Å². The minimum absolute atomic E-state index is 0.556. The average molecular weight is 362 g/mol. The van der Waals surface area contributed by atoms with Crippen LogP contribution < -0.4 is 5.43 Å². The molecule has 7 nitrogen and oxygen atoms in total. The van der Waals surface area contributed by atoms with Crippen molar-refractivity contribution in [3.8, 4) is 0 Å². The van der Waals surface area contributed by atoms with Gasteiger partial charge in [0.15, 0.2) is 0 Å². The van der Waals surface area contributed by atoms with Crippen molar-refractivity contribution in [2.24, 2.45) is 15.3 Å². The molecule has 2 aromatic rings. The number of anilines is 1. The van der Waals surface area contributed by atoms with E-state index in [1.165, 1.54) is 0 Å². The molecule has 0 aliphatic carbocycles. The fourth-order valence-electron chi connectivity index (χ4n) is 1.51. The Labute approximate surface area is 135 Å². The zero-order valence-electron chi connectivity index (χ0n) is 11.6. The van der Waals surface area contributed by atoms with Gasteiger partial charge in [0.25, 0.3) is 0 Å². The zero-order chi connectivity index (χ0) is 15.9. The smallest absolute Gasteiger partial charge is 0.390 e. The lowest BCUT2D eigenvalue weighted by Crippen LogP contribution is -2.10. The summed E-state index contributed by atoms with van der Waals surface area (Å²) in [6.45, 7) is 1.84. The quantitative estimate of drug-likeness (QED) is 0.286. The van der Waals surface area contributed by atoms with Crippen LogP contribution in [0.5, 0.6) is 0 Å². The predicted molar refractivity (Wildman–Crippen MR) is 87.9 cm³/mol. The molecule has 0 aromatic heterocycles. The molecule has 0 unspecified atom stereocenters. The van der Waals surface area contributed by atoms with E-state index >= 15 is 0 Å². The molecule has 0 aliphatic rings. The fraction of sp³-hybridized carbons (Fsp3) is 0.0714. The van der Waals surface area contributed by atoms with Gasteiger partial charge in [0.2, 0.25) is 0 Å². The highest BCUT2D eigenvalue weighted by Crippen LogP contribution is 2.18. The molecular formula is C14H12BrN5O2. The molecule has 0 bridgehead atoms. The first-order valence-corrected chi connectivity index (χ1v) is 7.06. The predicted octanol–water partition coefficient (Wildman–Crippen LogP) is 4.50. The summed E-state index contributed by atoms with van der Waals surface area (Å²) in [5.41, 5.74) is 4.61. The molecule has 0 radical (unpaired) electrons. The minimum Gasteiger partial charge on any atom is -0.390 e. The van der Waals surface area contributed by atoms with Gasteiger partial charge < -0.3 is 10.1 Å². The van der Waals surface area contributed by atoms with Crippen LogP contribution in [0.3, 0.4) is 0 Å². The number of aryl methyl sites for hydroxylation is 1. The summed E-state index contributed by atoms with van der Waals surface area (Å²) in [6.07, 6.45) is 0. The molecule has 0 atom stereocenters. The lowest BCUT2D eigenvalue weighted by molar-refractivity contribution is -0.352. The molecule has 0 amide bonds. The van der Waals surface area contributed by atoms with Crippen LogP contribution in [0.2, 0.25) is 0 Å². The summed E-state index contributed by atoms with van der Waals surface area (Å²) in [5, 5.41) is 22.1. The second kappa shape index (κ2) is 7.41. The van der Waals surface area contributed by atoms with Gasteiger partial charge in [-0.1, -0.05) is 39.2 Å². The van der Waals surface area contributed by atoms with E-state index in [1.54, 1.807) is 36.4 Å². The van der Waals surface area contributed by atoms with E-state index in [9.17, 15) is 10.1 Å². The molecule has 0 heterocycles. The number of hydrazone groups is 1. The van der Waals surface area contributed by atoms with E-state index < -0.39 is 10.9 Å². The van der Waals surface area contributed by atoms with Gasteiger partial charge in [-0.05, 0) is 47.7 Å². The monoisotopic (exact) mass is 361 g/mol. The van der Waals surface area contributed by atoms with Crippen molar-refractivity contribution in [1.82, 2.24) is 0 Å². The number of hydrogen-bond donors (Lipinski definition) is 1. The standard InChI is InChI=1S/C14H12BrN5O2/c1-10-4-2-3-5-13(10)17-19-14(20(21)22)18-16-12-8-6-11(15)7-9-12/h2-9,16H,1H3. The summed E-state index contributed by atoms with van der Waals surface area (Å²) >= 11 is 3.30. The van der Waals surface area contributed by atoms with Gasteiger partial charge >= 0.3 is 5.96 Å². The Morgan fingerprint density at radius 1 is 1.18 bits per heavy atom. The number of rotatable bonds is 3. The topological polar surface area (TPSA) is 92.2 Å². The first kappa shape index (κ1) is 15.8. The van der Waals surface area contributed by atoms with Crippen molar-refractivity contribution in [3.05, 3.63) is 68.7 Å². The van der Waals surface area contributed by atoms with Crippen LogP contribution in [0.4, 0.5) is 11.4 Å². The van der Waals surface area contributed by atoms with Crippen LogP contribution in [0.1, 0.15) is 5.56 Å². The molecule has 22 heavy (non-hydrogen) atoms. The van der Waals surface area contributed by atoms with Crippen LogP contribution in [0.25, 0.3) is 0 Å². The molecule has 2 aromatic carbocycles. The van der Waals surface area contributed by atoms with Crippen LogP contribution >= 0.6 is 15.9 Å². The van der Waals surface area contributed by atoms with E-state index in [0.717, 1.165) is 10.0 Å². The van der Waals surface area contributed by atoms with E-state index in [-0.39, 0.29) is 0 Å². The number of nitrogens with zero attached hydrogens (tertiary/aromatic N) is 4. The third-order valence-corrected chi connectivity index (χ3v) is 3.18. The Balaban J connectivity index is 2.16. The molecule has 0 saturated heterocycles. The highest BCUT2D eigenvalue weighted by molar-refractivity contribution is 9.10. The average Bonchev–Trinajstić information content (AvgIpc) is 2.50. The first-order chi connectivity index (χ1) is 10.6. The van der Waals surface area contributed by atoms with E-state index in [4.69, 9.17) is 0 Å². The molecule has 1 N–H and O–H groups in total. The Kier molecular flexibility index (Phi) is 5.31. The third-order valence-electron chi connectivity index (χ3n) is 2.66. The molecule has 2 rings (SSSR count). The van der Waals surface area contributed by atoms with E-state index in [2.05, 4.69) is 36.7 Å². The zero-order valence-corrected chi connectivity index (χ0v) is 13.2. The van der Waals surface area contributed by atoms with Crippen molar-refractivity contribution >= 4 is 33.3 Å². The number of guanidine groups is 1. The van der Waals surface area contributed by atoms with Crippen molar-refractivity contribution in [2.45, 2.75) is 6.92 Å². The third kappa shape index (κ3) is 4.45. The van der Waals surface area contributed by atoms with Crippen molar-refractivity contribution in [3.63, 3.8) is 0 Å². The molecule has 0 fully saturated rings. The van der Waals surface area contributed by atoms with Gasteiger partial charge in [-0.2, -0.15) is 0 Å². The summed E-state index contributed by atoms with van der Waals surface area (Å²) < 4.78 is 0.899. The largest absolute Gasteiger partial charge is 0.511 e. The van der Waals surface area contributed by atoms with Gasteiger partial charge in [0, 0.05) is 9.57 Å². The Morgan fingerprint density at radius 2 is 1.86 bits per heavy atom. The van der Waals surface area contributed by atoms with Gasteiger partial charge in [0.1, 0.15) is 5.69 Å². The van der Waals surface area contributed by atoms with Crippen molar-refractivity contribution in [1.29, 1.82) is 0 Å². The molecule has 0 aliphatic heterocycles. The van der Waals surface area contributed by atoms with Gasteiger partial charge in [0.05, 0.1) is 10.8 Å². The van der Waals surface area contributed by atoms with E-state index in [1.807, 2.05) is 19.1 Å². The molecule has 8 heteroatoms. The Bertz CT molecular complexity index is 728. The molecular weight excluding hydrogens is 350 g/mol. The number of nitrogens with one attached hydrogen (secondary N) is 1. The summed E-state index contributed by atoms with van der Waals surface area (Å²) in [4.78, 5) is 10.3. The maximum absolute atomic E-state index is 11.0. The maximum Gasteiger partial charge on any atom is 0.511 e. The van der Waals surface area contributed by atoms with Gasteiger partial charge in [-0.3, -0.25) is 0 Å². The van der Waals surface area contributed by atoms with Crippen LogP contribution in [0, 0.1) is 17.0 Å². The summed E-state index contributed by atoms with van der Waals surface area (Å²) in [6, 6.07) is 14.2. The lowest BCUT2D eigenvalue weighted by atomic mass is 10.2. The van der Waals surface area contributed by atoms with Crippen molar-refractivity contribution in [2.75, 3.05) is 5.43 Å². The molecule has 0 saturated carbocycles. The number of hydrogen-bond acceptors (Lipinski definition) is 5. The fourth-order valence-corrected chi connectivity index (χ4v) is 1.78. The van der Waals surface area contributed by atoms with Crippen LogP contribution in [0.15, 0.2) is 68.3 Å². The number of benzene rings is 2. The normalized spacial score (nSPS) is 11.6. The van der Waals surface area contributed by atoms with Crippen molar-refractivity contribution < 1.29 is 4.92 Å². The number of halogens is 1. The van der Waals surface area contributed by atoms with Gasteiger partial charge in [-0.15, -0.1) is 0 Å². The first-order valence-electron chi connectivity index (χ1n) is 6.27. The minimum atomic E-state index is -0.701. The molecule has 0 spiro atoms. The summed E-state index contributed by atoms with van der Waals surface area (Å²) in [5.74, 6) is -0.619. The van der Waals surface area contributed by atoms with E-state index in [0.29, 0.717) is 11.4 Å². The Hall–Kier alpha value is -2.61. The second-order valence-electron chi connectivity index (χ2n) is 4.27. The number of azo groups is 1. The Morgan fingerprint density at radius 3 is 2.50 bits per heavy atom. The van der Waals surface area contributed by atoms with Crippen LogP contribution in [-0.4, -0.2) is 10.9 Å².